The molecule has 4 aromatic rings. The van der Waals surface area contributed by atoms with E-state index < -0.39 is 0 Å². The number of imidazole rings is 1. The summed E-state index contributed by atoms with van der Waals surface area (Å²) >= 11 is 0. The van der Waals surface area contributed by atoms with Crippen LogP contribution in [-0.4, -0.2) is 52.1 Å². The Morgan fingerprint density at radius 2 is 1.82 bits per heavy atom. The second-order valence-electron chi connectivity index (χ2n) is 8.81. The number of piperidine rings is 1. The number of nitrogens with one attached hydrogen (secondary N) is 3. The number of amides is 2. The van der Waals surface area contributed by atoms with Crippen molar-refractivity contribution in [2.75, 3.05) is 26.2 Å². The molecule has 0 unspecified atom stereocenters. The van der Waals surface area contributed by atoms with E-state index in [4.69, 9.17) is 4.74 Å². The smallest absolute Gasteiger partial charge is 0.325 e. The SMILES string of the molecule is O=C(NCCCOc1c2ccccc2nc2[nH]c(=O)[nH]c12)N1CCC(Cc2ccccc2)CC1. The van der Waals surface area contributed by atoms with E-state index in [1.807, 2.05) is 35.2 Å². The molecule has 1 aliphatic rings. The van der Waals surface area contributed by atoms with Gasteiger partial charge in [-0.15, -0.1) is 0 Å². The van der Waals surface area contributed by atoms with Crippen LogP contribution in [0.2, 0.25) is 0 Å². The molecule has 176 valence electrons. The quantitative estimate of drug-likeness (QED) is 0.365. The molecule has 5 rings (SSSR count). The van der Waals surface area contributed by atoms with Gasteiger partial charge in [0.15, 0.2) is 11.4 Å². The molecule has 0 aliphatic carbocycles. The molecule has 3 heterocycles. The van der Waals surface area contributed by atoms with Crippen molar-refractivity contribution in [3.63, 3.8) is 0 Å². The molecule has 0 bridgehead atoms. The highest BCUT2D eigenvalue weighted by Crippen LogP contribution is 2.30. The van der Waals surface area contributed by atoms with E-state index in [-0.39, 0.29) is 11.7 Å². The summed E-state index contributed by atoms with van der Waals surface area (Å²) in [5.41, 5.74) is 2.84. The fourth-order valence-electron chi connectivity index (χ4n) is 4.63. The molecule has 34 heavy (non-hydrogen) atoms. The number of para-hydroxylation sites is 1. The van der Waals surface area contributed by atoms with E-state index in [0.717, 1.165) is 43.3 Å². The van der Waals surface area contributed by atoms with Crippen LogP contribution in [0.5, 0.6) is 5.75 Å². The van der Waals surface area contributed by atoms with Gasteiger partial charge in [0.1, 0.15) is 5.52 Å². The maximum Gasteiger partial charge on any atom is 0.325 e. The lowest BCUT2D eigenvalue weighted by Gasteiger charge is -2.32. The second kappa shape index (κ2) is 9.99. The summed E-state index contributed by atoms with van der Waals surface area (Å²) in [7, 11) is 0. The average Bonchev–Trinajstić information content (AvgIpc) is 3.24. The number of aromatic nitrogens is 3. The molecule has 1 saturated heterocycles. The first-order chi connectivity index (χ1) is 16.7. The lowest BCUT2D eigenvalue weighted by molar-refractivity contribution is 0.169. The van der Waals surface area contributed by atoms with Gasteiger partial charge >= 0.3 is 11.7 Å². The van der Waals surface area contributed by atoms with Gasteiger partial charge in [-0.2, -0.15) is 0 Å². The topological polar surface area (TPSA) is 103 Å². The molecule has 0 radical (unpaired) electrons. The molecule has 8 nitrogen and oxygen atoms in total. The summed E-state index contributed by atoms with van der Waals surface area (Å²) in [5.74, 6) is 1.23. The maximum atomic E-state index is 12.6. The molecule has 2 amide bonds. The number of H-pyrrole nitrogens is 2. The van der Waals surface area contributed by atoms with Gasteiger partial charge in [0.2, 0.25) is 0 Å². The number of urea groups is 1. The third-order valence-electron chi connectivity index (χ3n) is 6.43. The fraction of sp³-hybridized carbons (Fsp3) is 0.346. The number of ether oxygens (including phenoxy) is 1. The monoisotopic (exact) mass is 459 g/mol. The summed E-state index contributed by atoms with van der Waals surface area (Å²) in [6.45, 7) is 2.53. The highest BCUT2D eigenvalue weighted by Gasteiger charge is 2.22. The number of hydrogen-bond acceptors (Lipinski definition) is 4. The van der Waals surface area contributed by atoms with Gasteiger partial charge in [0.05, 0.1) is 12.1 Å². The number of aromatic amines is 2. The molecule has 0 atom stereocenters. The molecule has 2 aromatic heterocycles. The zero-order valence-corrected chi connectivity index (χ0v) is 19.0. The number of pyridine rings is 1. The summed E-state index contributed by atoms with van der Waals surface area (Å²) in [6.07, 6.45) is 3.80. The van der Waals surface area contributed by atoms with Crippen LogP contribution in [0.25, 0.3) is 22.1 Å². The van der Waals surface area contributed by atoms with Crippen molar-refractivity contribution >= 4 is 28.1 Å². The van der Waals surface area contributed by atoms with E-state index in [0.29, 0.717) is 42.4 Å². The Hall–Kier alpha value is -3.81. The molecule has 0 spiro atoms. The number of carbonyl (C=O) groups excluding carboxylic acids is 1. The minimum atomic E-state index is -0.317. The van der Waals surface area contributed by atoms with Gasteiger partial charge in [-0.25, -0.2) is 14.6 Å². The van der Waals surface area contributed by atoms with Crippen molar-refractivity contribution in [2.24, 2.45) is 5.92 Å². The van der Waals surface area contributed by atoms with Crippen LogP contribution in [0, 0.1) is 5.92 Å². The number of hydrogen-bond donors (Lipinski definition) is 3. The molecule has 1 aliphatic heterocycles. The zero-order chi connectivity index (χ0) is 23.3. The van der Waals surface area contributed by atoms with Crippen molar-refractivity contribution in [1.29, 1.82) is 0 Å². The first kappa shape index (κ1) is 22.0. The summed E-state index contributed by atoms with van der Waals surface area (Å²) in [4.78, 5) is 36.2. The molecule has 3 N–H and O–H groups in total. The van der Waals surface area contributed by atoms with Gasteiger partial charge in [0.25, 0.3) is 0 Å². The lowest BCUT2D eigenvalue weighted by atomic mass is 9.90. The van der Waals surface area contributed by atoms with Crippen LogP contribution in [0.1, 0.15) is 24.8 Å². The predicted octanol–water partition coefficient (Wildman–Crippen LogP) is 3.84. The Morgan fingerprint density at radius 3 is 2.65 bits per heavy atom. The zero-order valence-electron chi connectivity index (χ0n) is 19.0. The average molecular weight is 460 g/mol. The summed E-state index contributed by atoms with van der Waals surface area (Å²) in [5, 5.41) is 3.85. The summed E-state index contributed by atoms with van der Waals surface area (Å²) in [6, 6.07) is 18.2. The van der Waals surface area contributed by atoms with Gasteiger partial charge in [-0.1, -0.05) is 42.5 Å². The van der Waals surface area contributed by atoms with Crippen LogP contribution in [0.3, 0.4) is 0 Å². The molecular weight excluding hydrogens is 430 g/mol. The Bertz CT molecular complexity index is 1320. The predicted molar refractivity (Wildman–Crippen MR) is 132 cm³/mol. The van der Waals surface area contributed by atoms with Gasteiger partial charge in [-0.05, 0) is 49.3 Å². The Kier molecular flexibility index (Phi) is 6.46. The van der Waals surface area contributed by atoms with Crippen LogP contribution in [0.15, 0.2) is 59.4 Å². The van der Waals surface area contributed by atoms with Crippen molar-refractivity contribution in [3.05, 3.63) is 70.6 Å². The van der Waals surface area contributed by atoms with Crippen LogP contribution in [0.4, 0.5) is 4.79 Å². The standard InChI is InChI=1S/C26H29N5O3/c32-25-29-22-23(20-9-4-5-10-21(20)28-24(22)30-25)34-16-6-13-27-26(33)31-14-11-19(12-15-31)17-18-7-2-1-3-8-18/h1-5,7-10,19H,6,11-17H2,(H,27,33)(H2,28,29,30,32). The number of nitrogens with zero attached hydrogens (tertiary/aromatic N) is 2. The van der Waals surface area contributed by atoms with Gasteiger partial charge < -0.3 is 19.9 Å². The van der Waals surface area contributed by atoms with Crippen LogP contribution in [-0.2, 0) is 6.42 Å². The highest BCUT2D eigenvalue weighted by atomic mass is 16.5. The lowest BCUT2D eigenvalue weighted by Crippen LogP contribution is -2.45. The molecule has 1 fully saturated rings. The van der Waals surface area contributed by atoms with Crippen LogP contribution < -0.4 is 15.7 Å². The van der Waals surface area contributed by atoms with Crippen molar-refractivity contribution in [1.82, 2.24) is 25.2 Å². The second-order valence-corrected chi connectivity index (χ2v) is 8.81. The Morgan fingerprint density at radius 1 is 1.06 bits per heavy atom. The third kappa shape index (κ3) is 4.90. The Balaban J connectivity index is 1.09. The first-order valence-electron chi connectivity index (χ1n) is 11.9. The largest absolute Gasteiger partial charge is 0.490 e. The van der Waals surface area contributed by atoms with Gasteiger partial charge in [-0.3, -0.25) is 4.98 Å². The number of likely N-dealkylation sites (tertiary alicyclic amines) is 1. The van der Waals surface area contributed by atoms with E-state index in [2.05, 4.69) is 44.5 Å². The summed E-state index contributed by atoms with van der Waals surface area (Å²) < 4.78 is 6.05. The molecule has 0 saturated carbocycles. The minimum absolute atomic E-state index is 0.00937. The fourth-order valence-corrected chi connectivity index (χ4v) is 4.63. The van der Waals surface area contributed by atoms with Crippen molar-refractivity contribution in [2.45, 2.75) is 25.7 Å². The molecule has 2 aromatic carbocycles. The van der Waals surface area contributed by atoms with Crippen LogP contribution >= 0.6 is 0 Å². The molecule has 8 heteroatoms. The number of benzene rings is 2. The normalized spacial score (nSPS) is 14.5. The number of rotatable bonds is 7. The van der Waals surface area contributed by atoms with E-state index >= 15 is 0 Å². The van der Waals surface area contributed by atoms with Gasteiger partial charge in [0, 0.05) is 25.0 Å². The van der Waals surface area contributed by atoms with Crippen molar-refractivity contribution < 1.29 is 9.53 Å². The maximum absolute atomic E-state index is 12.6. The van der Waals surface area contributed by atoms with E-state index in [1.165, 1.54) is 5.56 Å². The van der Waals surface area contributed by atoms with E-state index in [1.54, 1.807) is 0 Å². The number of carbonyl (C=O) groups is 1. The number of fused-ring (bicyclic) bond motifs is 2. The third-order valence-corrected chi connectivity index (χ3v) is 6.43. The van der Waals surface area contributed by atoms with Crippen molar-refractivity contribution in [3.8, 4) is 5.75 Å². The Labute approximate surface area is 197 Å². The molecular formula is C26H29N5O3. The van der Waals surface area contributed by atoms with E-state index in [9.17, 15) is 9.59 Å². The first-order valence-corrected chi connectivity index (χ1v) is 11.9. The minimum Gasteiger partial charge on any atom is -0.490 e. The highest BCUT2D eigenvalue weighted by molar-refractivity contribution is 5.97.